The van der Waals surface area contributed by atoms with E-state index in [1.807, 2.05) is 0 Å². The molecular formula is C12H14N2O3S. The van der Waals surface area contributed by atoms with Gasteiger partial charge >= 0.3 is 5.97 Å². The van der Waals surface area contributed by atoms with E-state index in [-0.39, 0.29) is 10.4 Å². The van der Waals surface area contributed by atoms with Gasteiger partial charge in [-0.05, 0) is 18.9 Å². The average Bonchev–Trinajstić information content (AvgIpc) is 2.67. The zero-order valence-electron chi connectivity index (χ0n) is 10.3. The molecule has 0 amide bonds. The third-order valence-corrected chi connectivity index (χ3v) is 4.05. The molecule has 0 unspecified atom stereocenters. The molecule has 2 aromatic heterocycles. The maximum atomic E-state index is 12.2. The molecule has 0 aliphatic carbocycles. The minimum Gasteiger partial charge on any atom is -0.477 e. The van der Waals surface area contributed by atoms with E-state index >= 15 is 0 Å². The fourth-order valence-electron chi connectivity index (χ4n) is 1.85. The molecule has 2 aromatic rings. The molecule has 0 saturated carbocycles. The molecule has 1 N–H and O–H groups in total. The number of aryl methyl sites for hydroxylation is 2. The number of hydrogen-bond donors (Lipinski definition) is 1. The van der Waals surface area contributed by atoms with Crippen molar-refractivity contribution in [3.63, 3.8) is 0 Å². The highest BCUT2D eigenvalue weighted by Crippen LogP contribution is 2.26. The van der Waals surface area contributed by atoms with Crippen LogP contribution in [0.2, 0.25) is 0 Å². The number of unbranched alkanes of at least 4 members (excludes halogenated alkanes) is 1. The van der Waals surface area contributed by atoms with Crippen LogP contribution in [0, 0.1) is 6.92 Å². The summed E-state index contributed by atoms with van der Waals surface area (Å²) in [6.45, 7) is 4.33. The molecular weight excluding hydrogens is 252 g/mol. The van der Waals surface area contributed by atoms with Crippen LogP contribution >= 0.6 is 11.3 Å². The molecule has 0 aliphatic heterocycles. The smallest absolute Gasteiger partial charge is 0.346 e. The maximum absolute atomic E-state index is 12.2. The predicted molar refractivity (Wildman–Crippen MR) is 70.5 cm³/mol. The zero-order valence-corrected chi connectivity index (χ0v) is 11.1. The van der Waals surface area contributed by atoms with Gasteiger partial charge in [0.2, 0.25) is 0 Å². The first-order chi connectivity index (χ1) is 8.56. The Labute approximate surface area is 108 Å². The van der Waals surface area contributed by atoms with Crippen molar-refractivity contribution in [2.45, 2.75) is 33.2 Å². The third kappa shape index (κ3) is 2.03. The second kappa shape index (κ2) is 4.89. The lowest BCUT2D eigenvalue weighted by Crippen LogP contribution is -2.20. The van der Waals surface area contributed by atoms with Crippen molar-refractivity contribution in [1.82, 2.24) is 9.55 Å². The molecule has 96 valence electrons. The lowest BCUT2D eigenvalue weighted by Gasteiger charge is -2.03. The van der Waals surface area contributed by atoms with Crippen LogP contribution in [-0.2, 0) is 6.54 Å². The molecule has 5 nitrogen and oxygen atoms in total. The van der Waals surface area contributed by atoms with Crippen LogP contribution in [-0.4, -0.2) is 20.6 Å². The lowest BCUT2D eigenvalue weighted by atomic mass is 10.2. The van der Waals surface area contributed by atoms with E-state index in [9.17, 15) is 9.59 Å². The van der Waals surface area contributed by atoms with Gasteiger partial charge in [0, 0.05) is 6.54 Å². The number of aromatic nitrogens is 2. The quantitative estimate of drug-likeness (QED) is 0.921. The Bertz CT molecular complexity index is 657. The molecule has 0 radical (unpaired) electrons. The Balaban J connectivity index is 2.63. The van der Waals surface area contributed by atoms with Crippen molar-refractivity contribution in [2.24, 2.45) is 0 Å². The SMILES string of the molecule is CCCCn1cnc2sc(C(=O)O)c(C)c2c1=O. The summed E-state index contributed by atoms with van der Waals surface area (Å²) in [6, 6.07) is 0. The van der Waals surface area contributed by atoms with Crippen LogP contribution in [0.1, 0.15) is 35.0 Å². The predicted octanol–water partition coefficient (Wildman–Crippen LogP) is 2.26. The number of hydrogen-bond acceptors (Lipinski definition) is 4. The van der Waals surface area contributed by atoms with Gasteiger partial charge in [-0.25, -0.2) is 9.78 Å². The van der Waals surface area contributed by atoms with Crippen molar-refractivity contribution in [3.8, 4) is 0 Å². The number of thiophene rings is 1. The van der Waals surface area contributed by atoms with Crippen LogP contribution in [0.25, 0.3) is 10.2 Å². The summed E-state index contributed by atoms with van der Waals surface area (Å²) < 4.78 is 1.55. The van der Waals surface area contributed by atoms with Crippen molar-refractivity contribution < 1.29 is 9.90 Å². The normalized spacial score (nSPS) is 11.0. The number of rotatable bonds is 4. The molecule has 6 heteroatoms. The number of fused-ring (bicyclic) bond motifs is 1. The monoisotopic (exact) mass is 266 g/mol. The van der Waals surface area contributed by atoms with Crippen LogP contribution in [0.3, 0.4) is 0 Å². The van der Waals surface area contributed by atoms with Gasteiger partial charge < -0.3 is 5.11 Å². The molecule has 0 aliphatic rings. The van der Waals surface area contributed by atoms with Crippen molar-refractivity contribution in [3.05, 3.63) is 27.1 Å². The first-order valence-corrected chi connectivity index (χ1v) is 6.59. The Morgan fingerprint density at radius 1 is 1.56 bits per heavy atom. The number of aromatic carboxylic acids is 1. The summed E-state index contributed by atoms with van der Waals surface area (Å²) >= 11 is 1.05. The van der Waals surface area contributed by atoms with Gasteiger partial charge in [-0.2, -0.15) is 0 Å². The topological polar surface area (TPSA) is 72.2 Å². The van der Waals surface area contributed by atoms with E-state index in [1.54, 1.807) is 11.5 Å². The van der Waals surface area contributed by atoms with Gasteiger partial charge in [0.25, 0.3) is 5.56 Å². The maximum Gasteiger partial charge on any atom is 0.346 e. The van der Waals surface area contributed by atoms with Crippen molar-refractivity contribution in [2.75, 3.05) is 0 Å². The Morgan fingerprint density at radius 2 is 2.28 bits per heavy atom. The zero-order chi connectivity index (χ0) is 13.3. The molecule has 0 spiro atoms. The molecule has 0 bridgehead atoms. The van der Waals surface area contributed by atoms with E-state index in [2.05, 4.69) is 11.9 Å². The molecule has 18 heavy (non-hydrogen) atoms. The lowest BCUT2D eigenvalue weighted by molar-refractivity contribution is 0.0701. The van der Waals surface area contributed by atoms with Crippen LogP contribution < -0.4 is 5.56 Å². The summed E-state index contributed by atoms with van der Waals surface area (Å²) in [7, 11) is 0. The molecule has 2 heterocycles. The fraction of sp³-hybridized carbons (Fsp3) is 0.417. The van der Waals surface area contributed by atoms with Crippen LogP contribution in [0.15, 0.2) is 11.1 Å². The molecule has 0 fully saturated rings. The molecule has 0 saturated heterocycles. The molecule has 0 atom stereocenters. The number of carboxylic acid groups (broad SMARTS) is 1. The highest BCUT2D eigenvalue weighted by atomic mass is 32.1. The highest BCUT2D eigenvalue weighted by Gasteiger charge is 2.18. The van der Waals surface area contributed by atoms with E-state index in [0.717, 1.165) is 24.2 Å². The third-order valence-electron chi connectivity index (χ3n) is 2.86. The number of nitrogens with zero attached hydrogens (tertiary/aromatic N) is 2. The highest BCUT2D eigenvalue weighted by molar-refractivity contribution is 7.20. The first kappa shape index (κ1) is 12.8. The van der Waals surface area contributed by atoms with Crippen LogP contribution in [0.5, 0.6) is 0 Å². The number of carbonyl (C=O) groups is 1. The van der Waals surface area contributed by atoms with E-state index < -0.39 is 5.97 Å². The van der Waals surface area contributed by atoms with Gasteiger partial charge in [-0.15, -0.1) is 11.3 Å². The summed E-state index contributed by atoms with van der Waals surface area (Å²) in [4.78, 5) is 28.1. The second-order valence-corrected chi connectivity index (χ2v) is 5.14. The Hall–Kier alpha value is -1.69. The standard InChI is InChI=1S/C12H14N2O3S/c1-3-4-5-14-6-13-10-8(11(14)15)7(2)9(18-10)12(16)17/h6H,3-5H2,1-2H3,(H,16,17). The minimum absolute atomic E-state index is 0.144. The van der Waals surface area contributed by atoms with Gasteiger partial charge in [-0.3, -0.25) is 9.36 Å². The van der Waals surface area contributed by atoms with Gasteiger partial charge in [0.1, 0.15) is 9.71 Å². The van der Waals surface area contributed by atoms with Gasteiger partial charge in [0.15, 0.2) is 0 Å². The second-order valence-electron chi connectivity index (χ2n) is 4.14. The van der Waals surface area contributed by atoms with Gasteiger partial charge in [0.05, 0.1) is 11.7 Å². The fourth-order valence-corrected chi connectivity index (χ4v) is 2.83. The van der Waals surface area contributed by atoms with E-state index in [0.29, 0.717) is 22.3 Å². The van der Waals surface area contributed by atoms with Crippen molar-refractivity contribution >= 4 is 27.5 Å². The summed E-state index contributed by atoms with van der Waals surface area (Å²) in [6.07, 6.45) is 3.40. The minimum atomic E-state index is -1.00. The van der Waals surface area contributed by atoms with E-state index in [4.69, 9.17) is 5.11 Å². The summed E-state index contributed by atoms with van der Waals surface area (Å²) in [5.74, 6) is -1.00. The first-order valence-electron chi connectivity index (χ1n) is 5.78. The van der Waals surface area contributed by atoms with E-state index in [1.165, 1.54) is 6.33 Å². The summed E-state index contributed by atoms with van der Waals surface area (Å²) in [5.41, 5.74) is 0.376. The summed E-state index contributed by atoms with van der Waals surface area (Å²) in [5, 5.41) is 9.48. The Morgan fingerprint density at radius 3 is 2.89 bits per heavy atom. The average molecular weight is 266 g/mol. The van der Waals surface area contributed by atoms with Gasteiger partial charge in [-0.1, -0.05) is 13.3 Å². The Kier molecular flexibility index (Phi) is 3.47. The molecule has 0 aromatic carbocycles. The van der Waals surface area contributed by atoms with Crippen LogP contribution in [0.4, 0.5) is 0 Å². The largest absolute Gasteiger partial charge is 0.477 e. The molecule has 2 rings (SSSR count). The van der Waals surface area contributed by atoms with Crippen molar-refractivity contribution in [1.29, 1.82) is 0 Å². The number of carboxylic acids is 1.